The molecule has 1 aliphatic heterocycles. The van der Waals surface area contributed by atoms with E-state index in [2.05, 4.69) is 26.0 Å². The molecule has 3 aliphatic carbocycles. The molecular weight excluding hydrogens is 278 g/mol. The number of rotatable bonds is 0. The van der Waals surface area contributed by atoms with Crippen LogP contribution in [0.1, 0.15) is 39.5 Å². The summed E-state index contributed by atoms with van der Waals surface area (Å²) in [7, 11) is 0. The molecule has 0 amide bonds. The fourth-order valence-electron chi connectivity index (χ4n) is 5.59. The van der Waals surface area contributed by atoms with E-state index < -0.39 is 12.4 Å². The average Bonchev–Trinajstić information content (AvgIpc) is 2.72. The molecule has 0 aromatic rings. The number of fused-ring (bicyclic) bond motifs is 5. The summed E-state index contributed by atoms with van der Waals surface area (Å²) in [5.41, 5.74) is 9.08. The first-order valence-corrected chi connectivity index (χ1v) is 8.51. The lowest BCUT2D eigenvalue weighted by Gasteiger charge is -2.53. The number of hydrogen-bond donors (Lipinski definition) is 3. The zero-order valence-electron chi connectivity index (χ0n) is 13.5. The molecule has 2 saturated carbocycles. The second kappa shape index (κ2) is 4.67. The number of aliphatic hydroxyl groups is 2. The van der Waals surface area contributed by atoms with Crippen molar-refractivity contribution in [3.63, 3.8) is 0 Å². The Labute approximate surface area is 132 Å². The minimum Gasteiger partial charge on any atom is -0.391 e. The number of nitrogens with two attached hydrogens (primary N) is 1. The van der Waals surface area contributed by atoms with Gasteiger partial charge in [-0.05, 0) is 36.5 Å². The van der Waals surface area contributed by atoms with Crippen LogP contribution in [0.25, 0.3) is 0 Å². The number of hydrogen-bond acceptors (Lipinski definition) is 4. The van der Waals surface area contributed by atoms with Crippen LogP contribution in [0.4, 0.5) is 0 Å². The quantitative estimate of drug-likeness (QED) is 0.637. The average molecular weight is 305 g/mol. The summed E-state index contributed by atoms with van der Waals surface area (Å²) in [5, 5.41) is 20.1. The van der Waals surface area contributed by atoms with Gasteiger partial charge in [0.2, 0.25) is 0 Å². The molecule has 1 heterocycles. The Morgan fingerprint density at radius 3 is 2.77 bits per heavy atom. The summed E-state index contributed by atoms with van der Waals surface area (Å²) in [6.45, 7) is 5.11. The van der Waals surface area contributed by atoms with Crippen molar-refractivity contribution < 1.29 is 14.9 Å². The minimum atomic E-state index is -0.662. The second-order valence-electron chi connectivity index (χ2n) is 8.22. The Kier molecular flexibility index (Phi) is 3.16. The second-order valence-corrected chi connectivity index (χ2v) is 8.22. The number of allylic oxidation sites excluding steroid dienone is 3. The highest BCUT2D eigenvalue weighted by Crippen LogP contribution is 2.61. The van der Waals surface area contributed by atoms with E-state index in [1.165, 1.54) is 11.1 Å². The van der Waals surface area contributed by atoms with E-state index in [9.17, 15) is 10.2 Å². The smallest absolute Gasteiger partial charge is 0.158 e. The molecular formula is C18H27NO3. The highest BCUT2D eigenvalue weighted by atomic mass is 16.6. The largest absolute Gasteiger partial charge is 0.391 e. The van der Waals surface area contributed by atoms with E-state index in [1.807, 2.05) is 0 Å². The summed E-state index contributed by atoms with van der Waals surface area (Å²) >= 11 is 0. The predicted octanol–water partition coefficient (Wildman–Crippen LogP) is 1.72. The lowest BCUT2D eigenvalue weighted by atomic mass is 9.53. The lowest BCUT2D eigenvalue weighted by Crippen LogP contribution is -2.51. The van der Waals surface area contributed by atoms with Gasteiger partial charge in [-0.25, -0.2) is 0 Å². The molecule has 0 radical (unpaired) electrons. The molecule has 7 atom stereocenters. The first-order valence-electron chi connectivity index (χ1n) is 8.51. The van der Waals surface area contributed by atoms with Gasteiger partial charge in [-0.15, -0.1) is 0 Å². The van der Waals surface area contributed by atoms with E-state index in [1.54, 1.807) is 0 Å². The van der Waals surface area contributed by atoms with Crippen LogP contribution in [0.5, 0.6) is 0 Å². The summed E-state index contributed by atoms with van der Waals surface area (Å²) < 4.78 is 5.59. The summed E-state index contributed by atoms with van der Waals surface area (Å²) in [6, 6.07) is -0.123. The van der Waals surface area contributed by atoms with Crippen molar-refractivity contribution in [3.05, 3.63) is 23.3 Å². The van der Waals surface area contributed by atoms with Crippen LogP contribution in [0, 0.1) is 22.7 Å². The van der Waals surface area contributed by atoms with E-state index in [4.69, 9.17) is 10.5 Å². The predicted molar refractivity (Wildman–Crippen MR) is 83.8 cm³/mol. The van der Waals surface area contributed by atoms with Gasteiger partial charge < -0.3 is 20.7 Å². The van der Waals surface area contributed by atoms with Crippen LogP contribution in [0.15, 0.2) is 23.3 Å². The van der Waals surface area contributed by atoms with E-state index in [0.717, 1.165) is 19.3 Å². The van der Waals surface area contributed by atoms with Gasteiger partial charge in [-0.1, -0.05) is 37.1 Å². The first-order chi connectivity index (χ1) is 10.4. The first kappa shape index (κ1) is 14.9. The summed E-state index contributed by atoms with van der Waals surface area (Å²) in [5.74, 6) is 0.827. The zero-order valence-corrected chi connectivity index (χ0v) is 13.5. The topological polar surface area (TPSA) is 75.7 Å². The van der Waals surface area contributed by atoms with E-state index >= 15 is 0 Å². The fraction of sp³-hybridized carbons (Fsp3) is 0.778. The van der Waals surface area contributed by atoms with Crippen LogP contribution in [0.2, 0.25) is 0 Å². The van der Waals surface area contributed by atoms with Crippen molar-refractivity contribution in [1.29, 1.82) is 0 Å². The van der Waals surface area contributed by atoms with Crippen LogP contribution in [-0.4, -0.2) is 35.3 Å². The van der Waals surface area contributed by atoms with Gasteiger partial charge >= 0.3 is 0 Å². The van der Waals surface area contributed by atoms with E-state index in [-0.39, 0.29) is 16.9 Å². The minimum absolute atomic E-state index is 0.0116. The van der Waals surface area contributed by atoms with Gasteiger partial charge in [-0.2, -0.15) is 0 Å². The molecule has 4 nitrogen and oxygen atoms in total. The third kappa shape index (κ3) is 1.78. The van der Waals surface area contributed by atoms with Gasteiger partial charge in [0.05, 0.1) is 12.7 Å². The molecule has 4 aliphatic rings. The van der Waals surface area contributed by atoms with Crippen LogP contribution < -0.4 is 5.73 Å². The molecule has 0 bridgehead atoms. The van der Waals surface area contributed by atoms with E-state index in [0.29, 0.717) is 24.9 Å². The zero-order chi connectivity index (χ0) is 15.7. The van der Waals surface area contributed by atoms with Crippen molar-refractivity contribution in [2.24, 2.45) is 28.4 Å². The van der Waals surface area contributed by atoms with Gasteiger partial charge in [-0.3, -0.25) is 0 Å². The third-order valence-corrected chi connectivity index (χ3v) is 7.18. The maximum atomic E-state index is 10.3. The molecule has 4 heteroatoms. The van der Waals surface area contributed by atoms with Crippen LogP contribution in [-0.2, 0) is 4.74 Å². The molecule has 1 saturated heterocycles. The number of ether oxygens (including phenoxy) is 1. The Morgan fingerprint density at radius 1 is 1.23 bits per heavy atom. The molecule has 0 spiro atoms. The van der Waals surface area contributed by atoms with Crippen LogP contribution in [0.3, 0.4) is 0 Å². The fourth-order valence-corrected chi connectivity index (χ4v) is 5.59. The summed E-state index contributed by atoms with van der Waals surface area (Å²) in [4.78, 5) is 0. The normalized spacial score (nSPS) is 54.0. The van der Waals surface area contributed by atoms with Crippen molar-refractivity contribution in [2.75, 3.05) is 6.61 Å². The van der Waals surface area contributed by atoms with Crippen molar-refractivity contribution in [3.8, 4) is 0 Å². The highest BCUT2D eigenvalue weighted by Gasteiger charge is 2.58. The molecule has 4 N–H and O–H groups in total. The van der Waals surface area contributed by atoms with Crippen LogP contribution >= 0.6 is 0 Å². The Balaban J connectivity index is 1.74. The Hall–Kier alpha value is -0.680. The molecule has 3 unspecified atom stereocenters. The maximum absolute atomic E-state index is 10.3. The van der Waals surface area contributed by atoms with Gasteiger partial charge in [0.25, 0.3) is 0 Å². The molecule has 0 aromatic carbocycles. The Bertz CT molecular complexity index is 557. The van der Waals surface area contributed by atoms with Crippen molar-refractivity contribution >= 4 is 0 Å². The van der Waals surface area contributed by atoms with Gasteiger partial charge in [0, 0.05) is 17.9 Å². The van der Waals surface area contributed by atoms with Gasteiger partial charge in [0.1, 0.15) is 0 Å². The van der Waals surface area contributed by atoms with Crippen molar-refractivity contribution in [1.82, 2.24) is 0 Å². The maximum Gasteiger partial charge on any atom is 0.158 e. The molecule has 3 fully saturated rings. The third-order valence-electron chi connectivity index (χ3n) is 7.18. The Morgan fingerprint density at radius 2 is 2.00 bits per heavy atom. The monoisotopic (exact) mass is 305 g/mol. The molecule has 4 rings (SSSR count). The van der Waals surface area contributed by atoms with Crippen molar-refractivity contribution in [2.45, 2.75) is 58.0 Å². The number of aliphatic hydroxyl groups excluding tert-OH is 2. The molecule has 122 valence electrons. The molecule has 0 aromatic heterocycles. The standard InChI is InChI=1S/C18H27NO3/c1-17-6-5-12-11(13(17)8-14(20)16(17)19)4-3-10-7-15(21)22-9-18(10,12)2/h3-4,12-16,20-21H,5-9,19H2,1-2H3/t12-,13+,14?,15?,16?,17+,18+/m1/s1. The molecule has 22 heavy (non-hydrogen) atoms. The van der Waals surface area contributed by atoms with Gasteiger partial charge in [0.15, 0.2) is 6.29 Å². The lowest BCUT2D eigenvalue weighted by molar-refractivity contribution is -0.150. The summed E-state index contributed by atoms with van der Waals surface area (Å²) in [6.07, 6.45) is 6.94. The highest BCUT2D eigenvalue weighted by molar-refractivity contribution is 5.39. The SMILES string of the molecule is C[C@]12COC(O)CC1=CC=C1[C@H]2CC[C@]2(C)C(N)C(O)C[C@@H]12.